The standard InChI is InChI=1S/C16H20Cl2N4O3/c1-16(2,3)25-15(23)22-6-7-24-9-10(22)8-21-5-4-11-12(21)13(17)20-14(18)19-11/h4-5,10H,6-9H2,1-3H3/t10-/m1/s1. The van der Waals surface area contributed by atoms with Crippen molar-refractivity contribution in [1.29, 1.82) is 0 Å². The van der Waals surface area contributed by atoms with Crippen molar-refractivity contribution < 1.29 is 14.3 Å². The Kier molecular flexibility index (Phi) is 5.09. The van der Waals surface area contributed by atoms with E-state index in [4.69, 9.17) is 32.7 Å². The smallest absolute Gasteiger partial charge is 0.410 e. The van der Waals surface area contributed by atoms with Crippen LogP contribution < -0.4 is 0 Å². The highest BCUT2D eigenvalue weighted by Gasteiger charge is 2.31. The number of amides is 1. The normalized spacial score (nSPS) is 18.6. The summed E-state index contributed by atoms with van der Waals surface area (Å²) in [5.74, 6) is 0. The number of fused-ring (bicyclic) bond motifs is 1. The van der Waals surface area contributed by atoms with Crippen molar-refractivity contribution in [1.82, 2.24) is 19.4 Å². The lowest BCUT2D eigenvalue weighted by Gasteiger charge is -2.36. The quantitative estimate of drug-likeness (QED) is 0.584. The highest BCUT2D eigenvalue weighted by molar-refractivity contribution is 6.35. The largest absolute Gasteiger partial charge is 0.444 e. The van der Waals surface area contributed by atoms with Gasteiger partial charge in [0.1, 0.15) is 11.1 Å². The van der Waals surface area contributed by atoms with E-state index in [1.165, 1.54) is 0 Å². The summed E-state index contributed by atoms with van der Waals surface area (Å²) in [6.07, 6.45) is 1.51. The number of nitrogens with zero attached hydrogens (tertiary/aromatic N) is 4. The average molecular weight is 387 g/mol. The first kappa shape index (κ1) is 18.2. The van der Waals surface area contributed by atoms with Crippen LogP contribution in [0.4, 0.5) is 4.79 Å². The molecule has 25 heavy (non-hydrogen) atoms. The Morgan fingerprint density at radius 3 is 2.88 bits per heavy atom. The van der Waals surface area contributed by atoms with E-state index >= 15 is 0 Å². The van der Waals surface area contributed by atoms with Gasteiger partial charge in [-0.05, 0) is 38.4 Å². The lowest BCUT2D eigenvalue weighted by Crippen LogP contribution is -2.51. The molecule has 0 aromatic carbocycles. The molecule has 0 unspecified atom stereocenters. The maximum atomic E-state index is 12.5. The number of ether oxygens (including phenoxy) is 2. The molecule has 2 aromatic heterocycles. The van der Waals surface area contributed by atoms with Crippen LogP contribution in [0.5, 0.6) is 0 Å². The number of carbonyl (C=O) groups is 1. The van der Waals surface area contributed by atoms with Crippen LogP contribution in [0.3, 0.4) is 0 Å². The first-order valence-electron chi connectivity index (χ1n) is 8.00. The molecule has 0 N–H and O–H groups in total. The maximum Gasteiger partial charge on any atom is 0.410 e. The molecule has 1 amide bonds. The van der Waals surface area contributed by atoms with Crippen molar-refractivity contribution >= 4 is 40.3 Å². The molecular weight excluding hydrogens is 367 g/mol. The van der Waals surface area contributed by atoms with E-state index in [2.05, 4.69) is 9.97 Å². The van der Waals surface area contributed by atoms with E-state index in [1.807, 2.05) is 37.6 Å². The average Bonchev–Trinajstić information content (AvgIpc) is 2.89. The molecule has 7 nitrogen and oxygen atoms in total. The van der Waals surface area contributed by atoms with Crippen molar-refractivity contribution in [2.45, 2.75) is 39.0 Å². The van der Waals surface area contributed by atoms with E-state index < -0.39 is 5.60 Å². The van der Waals surface area contributed by atoms with Crippen LogP contribution in [0.2, 0.25) is 10.4 Å². The zero-order valence-electron chi connectivity index (χ0n) is 14.3. The molecule has 2 aromatic rings. The summed E-state index contributed by atoms with van der Waals surface area (Å²) in [6, 6.07) is 1.64. The Balaban J connectivity index is 1.84. The number of aromatic nitrogens is 3. The Morgan fingerprint density at radius 2 is 2.16 bits per heavy atom. The van der Waals surface area contributed by atoms with Gasteiger partial charge in [0.25, 0.3) is 0 Å². The lowest BCUT2D eigenvalue weighted by atomic mass is 10.2. The fourth-order valence-corrected chi connectivity index (χ4v) is 3.28. The SMILES string of the molecule is CC(C)(C)OC(=O)N1CCOC[C@H]1Cn1ccc2nc(Cl)nc(Cl)c21. The van der Waals surface area contributed by atoms with Gasteiger partial charge < -0.3 is 14.0 Å². The minimum atomic E-state index is -0.548. The van der Waals surface area contributed by atoms with Crippen LogP contribution in [0.15, 0.2) is 12.3 Å². The van der Waals surface area contributed by atoms with E-state index in [1.54, 1.807) is 4.90 Å². The Labute approximate surface area is 155 Å². The molecule has 0 saturated carbocycles. The van der Waals surface area contributed by atoms with Crippen LogP contribution in [0.1, 0.15) is 20.8 Å². The summed E-state index contributed by atoms with van der Waals surface area (Å²) in [6.45, 7) is 7.43. The molecule has 9 heteroatoms. The predicted molar refractivity (Wildman–Crippen MR) is 95.1 cm³/mol. The van der Waals surface area contributed by atoms with Crippen molar-refractivity contribution in [3.8, 4) is 0 Å². The van der Waals surface area contributed by atoms with Crippen LogP contribution in [0, 0.1) is 0 Å². The van der Waals surface area contributed by atoms with Gasteiger partial charge in [0.15, 0.2) is 5.15 Å². The van der Waals surface area contributed by atoms with Gasteiger partial charge in [0.2, 0.25) is 5.28 Å². The Hall–Kier alpha value is -1.57. The van der Waals surface area contributed by atoms with Crippen LogP contribution in [0.25, 0.3) is 11.0 Å². The second-order valence-electron chi connectivity index (χ2n) is 6.89. The number of halogens is 2. The molecule has 1 atom stereocenters. The topological polar surface area (TPSA) is 69.5 Å². The second kappa shape index (κ2) is 6.97. The molecule has 1 fully saturated rings. The van der Waals surface area contributed by atoms with E-state index in [9.17, 15) is 4.79 Å². The highest BCUT2D eigenvalue weighted by atomic mass is 35.5. The van der Waals surface area contributed by atoms with E-state index in [0.717, 1.165) is 0 Å². The molecule has 0 radical (unpaired) electrons. The predicted octanol–water partition coefficient (Wildman–Crippen LogP) is 3.37. The first-order chi connectivity index (χ1) is 11.7. The number of rotatable bonds is 2. The van der Waals surface area contributed by atoms with Crippen molar-refractivity contribution in [2.75, 3.05) is 19.8 Å². The summed E-state index contributed by atoms with van der Waals surface area (Å²) in [4.78, 5) is 22.4. The summed E-state index contributed by atoms with van der Waals surface area (Å²) in [7, 11) is 0. The van der Waals surface area contributed by atoms with E-state index in [-0.39, 0.29) is 22.6 Å². The molecule has 1 saturated heterocycles. The number of carbonyl (C=O) groups excluding carboxylic acids is 1. The zero-order chi connectivity index (χ0) is 18.2. The van der Waals surface area contributed by atoms with Gasteiger partial charge in [-0.2, -0.15) is 0 Å². The lowest BCUT2D eigenvalue weighted by molar-refractivity contribution is -0.0355. The number of hydrogen-bond acceptors (Lipinski definition) is 5. The van der Waals surface area contributed by atoms with Crippen molar-refractivity contribution in [3.63, 3.8) is 0 Å². The summed E-state index contributed by atoms with van der Waals surface area (Å²) < 4.78 is 13.0. The van der Waals surface area contributed by atoms with Gasteiger partial charge in [0.05, 0.1) is 24.8 Å². The van der Waals surface area contributed by atoms with Crippen LogP contribution in [-0.2, 0) is 16.0 Å². The summed E-state index contributed by atoms with van der Waals surface area (Å²) in [5.41, 5.74) is 0.792. The second-order valence-corrected chi connectivity index (χ2v) is 7.58. The van der Waals surface area contributed by atoms with Crippen molar-refractivity contribution in [3.05, 3.63) is 22.7 Å². The third kappa shape index (κ3) is 4.16. The van der Waals surface area contributed by atoms with Crippen LogP contribution >= 0.6 is 23.2 Å². The fraction of sp³-hybridized carbons (Fsp3) is 0.562. The molecule has 0 aliphatic carbocycles. The van der Waals surface area contributed by atoms with Gasteiger partial charge in [-0.25, -0.2) is 14.8 Å². The third-order valence-electron chi connectivity index (χ3n) is 3.80. The molecule has 3 rings (SSSR count). The van der Waals surface area contributed by atoms with Crippen molar-refractivity contribution in [2.24, 2.45) is 0 Å². The Bertz CT molecular complexity index is 788. The third-order valence-corrected chi connectivity index (χ3v) is 4.24. The number of morpholine rings is 1. The molecule has 1 aliphatic heterocycles. The first-order valence-corrected chi connectivity index (χ1v) is 8.75. The van der Waals surface area contributed by atoms with Gasteiger partial charge in [-0.1, -0.05) is 11.6 Å². The summed E-state index contributed by atoms with van der Waals surface area (Å²) >= 11 is 12.1. The zero-order valence-corrected chi connectivity index (χ0v) is 15.8. The molecule has 136 valence electrons. The molecule has 1 aliphatic rings. The summed E-state index contributed by atoms with van der Waals surface area (Å²) in [5, 5.41) is 0.382. The maximum absolute atomic E-state index is 12.5. The molecule has 3 heterocycles. The molecular formula is C16H20Cl2N4O3. The monoisotopic (exact) mass is 386 g/mol. The Morgan fingerprint density at radius 1 is 1.40 bits per heavy atom. The van der Waals surface area contributed by atoms with E-state index in [0.29, 0.717) is 37.3 Å². The number of hydrogen-bond donors (Lipinski definition) is 0. The van der Waals surface area contributed by atoms with Gasteiger partial charge in [-0.15, -0.1) is 0 Å². The minimum absolute atomic E-state index is 0.103. The van der Waals surface area contributed by atoms with Gasteiger partial charge >= 0.3 is 6.09 Å². The van der Waals surface area contributed by atoms with Crippen LogP contribution in [-0.4, -0.2) is 56.9 Å². The molecule has 0 bridgehead atoms. The van der Waals surface area contributed by atoms with Gasteiger partial charge in [0, 0.05) is 19.3 Å². The molecule has 0 spiro atoms. The van der Waals surface area contributed by atoms with Gasteiger partial charge in [-0.3, -0.25) is 4.90 Å². The minimum Gasteiger partial charge on any atom is -0.444 e. The highest BCUT2D eigenvalue weighted by Crippen LogP contribution is 2.25. The fourth-order valence-electron chi connectivity index (χ4n) is 2.78.